The van der Waals surface area contributed by atoms with Gasteiger partial charge in [-0.05, 0) is 18.9 Å². The zero-order valence-electron chi connectivity index (χ0n) is 10.0. The number of rotatable bonds is 3. The van der Waals surface area contributed by atoms with E-state index in [1.807, 2.05) is 0 Å². The summed E-state index contributed by atoms with van der Waals surface area (Å²) in [6.07, 6.45) is -3.32. The molecular weight excluding hydrogens is 263 g/mol. The lowest BCUT2D eigenvalue weighted by Crippen LogP contribution is -2.39. The lowest BCUT2D eigenvalue weighted by atomic mass is 10.2. The van der Waals surface area contributed by atoms with Crippen LogP contribution in [-0.2, 0) is 4.74 Å². The van der Waals surface area contributed by atoms with Crippen LogP contribution in [0.3, 0.4) is 0 Å². The van der Waals surface area contributed by atoms with E-state index in [1.165, 1.54) is 12.3 Å². The average Bonchev–Trinajstić information content (AvgIpc) is 3.11. The fourth-order valence-corrected chi connectivity index (χ4v) is 1.68. The van der Waals surface area contributed by atoms with Crippen molar-refractivity contribution in [3.8, 4) is 0 Å². The van der Waals surface area contributed by atoms with Crippen LogP contribution in [0.25, 0.3) is 0 Å². The molecule has 2 rings (SSSR count). The van der Waals surface area contributed by atoms with Gasteiger partial charge in [0.05, 0.1) is 19.0 Å². The number of hydrogen-bond donors (Lipinski definition) is 2. The second kappa shape index (κ2) is 4.29. The number of methoxy groups -OCH3 is 1. The Labute approximate surface area is 106 Å². The molecule has 3 N–H and O–H groups in total. The molecule has 0 atom stereocenters. The van der Waals surface area contributed by atoms with Gasteiger partial charge in [-0.1, -0.05) is 0 Å². The van der Waals surface area contributed by atoms with Crippen molar-refractivity contribution in [2.24, 2.45) is 0 Å². The summed E-state index contributed by atoms with van der Waals surface area (Å²) in [4.78, 5) is 15.3. The van der Waals surface area contributed by atoms with Crippen LogP contribution in [0.15, 0.2) is 12.3 Å². The lowest BCUT2D eigenvalue weighted by molar-refractivity contribution is -0.151. The Hall–Kier alpha value is -1.99. The van der Waals surface area contributed by atoms with E-state index in [2.05, 4.69) is 15.0 Å². The minimum Gasteiger partial charge on any atom is -0.465 e. The van der Waals surface area contributed by atoms with Crippen LogP contribution in [0.5, 0.6) is 0 Å². The SMILES string of the molecule is COC(=O)c1cc(N)cnc1NC1(C(F)(F)F)CC1. The molecule has 1 aromatic heterocycles. The summed E-state index contributed by atoms with van der Waals surface area (Å²) in [5, 5.41) is 2.29. The van der Waals surface area contributed by atoms with Crippen molar-refractivity contribution in [2.75, 3.05) is 18.2 Å². The topological polar surface area (TPSA) is 77.2 Å². The van der Waals surface area contributed by atoms with Gasteiger partial charge in [0.15, 0.2) is 0 Å². The molecule has 1 heterocycles. The number of nitrogens with one attached hydrogen (secondary N) is 1. The fourth-order valence-electron chi connectivity index (χ4n) is 1.68. The van der Waals surface area contributed by atoms with E-state index < -0.39 is 17.7 Å². The number of aromatic nitrogens is 1. The molecule has 1 saturated carbocycles. The Morgan fingerprint density at radius 2 is 2.16 bits per heavy atom. The number of ether oxygens (including phenoxy) is 1. The lowest BCUT2D eigenvalue weighted by Gasteiger charge is -2.22. The zero-order valence-corrected chi connectivity index (χ0v) is 10.0. The van der Waals surface area contributed by atoms with E-state index >= 15 is 0 Å². The van der Waals surface area contributed by atoms with Gasteiger partial charge in [-0.25, -0.2) is 9.78 Å². The number of alkyl halides is 3. The third-order valence-corrected chi connectivity index (χ3v) is 2.96. The number of nitrogens with two attached hydrogens (primary N) is 1. The van der Waals surface area contributed by atoms with E-state index in [0.29, 0.717) is 0 Å². The smallest absolute Gasteiger partial charge is 0.411 e. The molecule has 0 saturated heterocycles. The van der Waals surface area contributed by atoms with Gasteiger partial charge in [-0.15, -0.1) is 0 Å². The summed E-state index contributed by atoms with van der Waals surface area (Å²) < 4.78 is 43.0. The number of esters is 1. The monoisotopic (exact) mass is 275 g/mol. The molecule has 0 unspecified atom stereocenters. The van der Waals surface area contributed by atoms with Crippen LogP contribution >= 0.6 is 0 Å². The van der Waals surface area contributed by atoms with E-state index in [4.69, 9.17) is 5.73 Å². The van der Waals surface area contributed by atoms with Crippen LogP contribution in [-0.4, -0.2) is 29.8 Å². The quantitative estimate of drug-likeness (QED) is 0.824. The van der Waals surface area contributed by atoms with E-state index in [0.717, 1.165) is 7.11 Å². The molecule has 104 valence electrons. The van der Waals surface area contributed by atoms with Crippen LogP contribution in [0.2, 0.25) is 0 Å². The average molecular weight is 275 g/mol. The van der Waals surface area contributed by atoms with Crippen molar-refractivity contribution >= 4 is 17.5 Å². The molecule has 0 spiro atoms. The third-order valence-electron chi connectivity index (χ3n) is 2.96. The first kappa shape index (κ1) is 13.4. The Morgan fingerprint density at radius 3 is 2.63 bits per heavy atom. The summed E-state index contributed by atoms with van der Waals surface area (Å²) in [6, 6.07) is 1.23. The molecule has 0 amide bonds. The van der Waals surface area contributed by atoms with Gasteiger partial charge < -0.3 is 15.8 Å². The van der Waals surface area contributed by atoms with Crippen molar-refractivity contribution in [1.29, 1.82) is 0 Å². The first-order valence-corrected chi connectivity index (χ1v) is 5.48. The molecule has 8 heteroatoms. The van der Waals surface area contributed by atoms with Crippen molar-refractivity contribution in [3.63, 3.8) is 0 Å². The summed E-state index contributed by atoms with van der Waals surface area (Å²) in [5.74, 6) is -0.962. The van der Waals surface area contributed by atoms with E-state index in [-0.39, 0.29) is 29.9 Å². The Kier molecular flexibility index (Phi) is 3.03. The van der Waals surface area contributed by atoms with Gasteiger partial charge in [0.25, 0.3) is 0 Å². The predicted molar refractivity (Wildman–Crippen MR) is 61.6 cm³/mol. The molecule has 1 aromatic rings. The van der Waals surface area contributed by atoms with Gasteiger partial charge >= 0.3 is 12.1 Å². The molecule has 0 aromatic carbocycles. The van der Waals surface area contributed by atoms with Crippen LogP contribution in [0, 0.1) is 0 Å². The maximum Gasteiger partial charge on any atom is 0.411 e. The van der Waals surface area contributed by atoms with Crippen molar-refractivity contribution < 1.29 is 22.7 Å². The molecule has 0 bridgehead atoms. The van der Waals surface area contributed by atoms with E-state index in [9.17, 15) is 18.0 Å². The number of hydrogen-bond acceptors (Lipinski definition) is 5. The van der Waals surface area contributed by atoms with Crippen molar-refractivity contribution in [3.05, 3.63) is 17.8 Å². The highest BCUT2D eigenvalue weighted by atomic mass is 19.4. The van der Waals surface area contributed by atoms with E-state index in [1.54, 1.807) is 0 Å². The van der Waals surface area contributed by atoms with Crippen molar-refractivity contribution in [2.45, 2.75) is 24.6 Å². The normalized spacial score (nSPS) is 16.8. The highest BCUT2D eigenvalue weighted by Crippen LogP contribution is 2.51. The number of anilines is 2. The molecule has 1 aliphatic rings. The van der Waals surface area contributed by atoms with Crippen LogP contribution in [0.1, 0.15) is 23.2 Å². The van der Waals surface area contributed by atoms with Gasteiger partial charge in [0.2, 0.25) is 0 Å². The first-order valence-electron chi connectivity index (χ1n) is 5.48. The summed E-state index contributed by atoms with van der Waals surface area (Å²) in [5.41, 5.74) is 3.52. The predicted octanol–water partition coefficient (Wildman–Crippen LogP) is 1.96. The molecular formula is C11H12F3N3O2. The van der Waals surface area contributed by atoms with Gasteiger partial charge in [0, 0.05) is 0 Å². The highest BCUT2D eigenvalue weighted by molar-refractivity contribution is 5.95. The van der Waals surface area contributed by atoms with Crippen LogP contribution < -0.4 is 11.1 Å². The highest BCUT2D eigenvalue weighted by Gasteiger charge is 2.64. The third kappa shape index (κ3) is 2.42. The molecule has 0 radical (unpaired) electrons. The first-order chi connectivity index (χ1) is 8.79. The fraction of sp³-hybridized carbons (Fsp3) is 0.455. The number of nitrogens with zero attached hydrogens (tertiary/aromatic N) is 1. The van der Waals surface area contributed by atoms with Crippen molar-refractivity contribution in [1.82, 2.24) is 4.98 Å². The Morgan fingerprint density at radius 1 is 1.53 bits per heavy atom. The van der Waals surface area contributed by atoms with Crippen LogP contribution in [0.4, 0.5) is 24.7 Å². The molecule has 1 fully saturated rings. The van der Waals surface area contributed by atoms with Gasteiger partial charge in [-0.3, -0.25) is 0 Å². The second-order valence-electron chi connectivity index (χ2n) is 4.36. The second-order valence-corrected chi connectivity index (χ2v) is 4.36. The standard InChI is InChI=1S/C11H12F3N3O2/c1-19-9(18)7-4-6(15)5-16-8(7)17-10(2-3-10)11(12,13)14/h4-5H,2-3,15H2,1H3,(H,16,17). The summed E-state index contributed by atoms with van der Waals surface area (Å²) >= 11 is 0. The van der Waals surface area contributed by atoms with Gasteiger partial charge in [0.1, 0.15) is 16.9 Å². The number of carbonyl (C=O) groups excluding carboxylic acids is 1. The molecule has 19 heavy (non-hydrogen) atoms. The Bertz CT molecular complexity index is 512. The Balaban J connectivity index is 2.33. The number of halogens is 3. The maximum atomic E-state index is 12.8. The van der Waals surface area contributed by atoms with Gasteiger partial charge in [-0.2, -0.15) is 13.2 Å². The largest absolute Gasteiger partial charge is 0.465 e. The minimum absolute atomic E-state index is 0.0524. The molecule has 0 aliphatic heterocycles. The minimum atomic E-state index is -4.40. The number of pyridine rings is 1. The number of nitrogen functional groups attached to an aromatic ring is 1. The maximum absolute atomic E-state index is 12.8. The summed E-state index contributed by atoms with van der Waals surface area (Å²) in [6.45, 7) is 0. The molecule has 1 aliphatic carbocycles. The zero-order chi connectivity index (χ0) is 14.3. The summed E-state index contributed by atoms with van der Waals surface area (Å²) in [7, 11) is 1.13. The molecule has 5 nitrogen and oxygen atoms in total. The number of carbonyl (C=O) groups is 1.